The molecule has 1 unspecified atom stereocenters. The van der Waals surface area contributed by atoms with Crippen LogP contribution in [0.3, 0.4) is 0 Å². The molecule has 0 aromatic carbocycles. The van der Waals surface area contributed by atoms with Gasteiger partial charge >= 0.3 is 120 Å². The summed E-state index contributed by atoms with van der Waals surface area (Å²) in [5, 5.41) is 8.82. The van der Waals surface area contributed by atoms with Gasteiger partial charge in [-0.1, -0.05) is 0 Å². The first-order chi connectivity index (χ1) is 8.47. The Balaban J connectivity index is 4.62. The van der Waals surface area contributed by atoms with Crippen LogP contribution < -0.4 is 10.9 Å². The third-order valence-corrected chi connectivity index (χ3v) is 4.10. The van der Waals surface area contributed by atoms with E-state index in [1.54, 1.807) is 0 Å². The predicted octanol–water partition coefficient (Wildman–Crippen LogP) is 1.67. The van der Waals surface area contributed by atoms with Crippen molar-refractivity contribution in [1.29, 1.82) is 5.26 Å². The van der Waals surface area contributed by atoms with Gasteiger partial charge in [0.2, 0.25) is 0 Å². The molecule has 0 saturated carbocycles. The van der Waals surface area contributed by atoms with Gasteiger partial charge in [0.05, 0.1) is 0 Å². The Hall–Kier alpha value is -1.06. The Labute approximate surface area is 120 Å². The molecule has 0 aliphatic rings. The van der Waals surface area contributed by atoms with Crippen LogP contribution >= 0.6 is 0 Å². The van der Waals surface area contributed by atoms with E-state index in [-0.39, 0.29) is 6.54 Å². The molecule has 0 rings (SSSR count). The fraction of sp³-hybridized carbons (Fsp3) is 0.462. The number of rotatable bonds is 6. The van der Waals surface area contributed by atoms with Gasteiger partial charge in [0.1, 0.15) is 0 Å². The maximum absolute atomic E-state index is 8.82. The zero-order valence-electron chi connectivity index (χ0n) is 11.1. The van der Waals surface area contributed by atoms with Crippen molar-refractivity contribution in [2.45, 2.75) is 33.7 Å². The van der Waals surface area contributed by atoms with E-state index in [0.717, 1.165) is 15.2 Å². The molecule has 5 heteroatoms. The van der Waals surface area contributed by atoms with Gasteiger partial charge in [-0.15, -0.1) is 0 Å². The molecule has 0 spiro atoms. The standard InChI is InChI=1S/C13H17N4.W/c1-6-10(2)12(4)11(3)8-16-17-13(7-14)9-15-5;/h13,16-17H,9H2,1-4H3;/q-1;. The van der Waals surface area contributed by atoms with E-state index in [2.05, 4.69) is 21.8 Å². The Kier molecular flexibility index (Phi) is 8.42. The monoisotopic (exact) mass is 413 g/mol. The average molecular weight is 413 g/mol. The minimum atomic E-state index is -0.487. The predicted molar refractivity (Wildman–Crippen MR) is 68.6 cm³/mol. The fourth-order valence-corrected chi connectivity index (χ4v) is 1.86. The Morgan fingerprint density at radius 1 is 1.44 bits per heavy atom. The number of nitrogens with zero attached hydrogens (tertiary/aromatic N) is 2. The summed E-state index contributed by atoms with van der Waals surface area (Å²) in [7, 11) is 0. The van der Waals surface area contributed by atoms with Gasteiger partial charge in [0.15, 0.2) is 0 Å². The van der Waals surface area contributed by atoms with Gasteiger partial charge in [0, 0.05) is 0 Å². The Bertz CT molecular complexity index is 449. The third-order valence-electron chi connectivity index (χ3n) is 2.63. The van der Waals surface area contributed by atoms with Crippen molar-refractivity contribution in [1.82, 2.24) is 10.9 Å². The molecular formula is C13H17N4W-. The second-order valence-corrected chi connectivity index (χ2v) is 5.21. The van der Waals surface area contributed by atoms with Crippen LogP contribution in [0, 0.1) is 24.0 Å². The molecule has 0 bridgehead atoms. The number of nitrogens with one attached hydrogen (secondary N) is 2. The van der Waals surface area contributed by atoms with Crippen LogP contribution in [0.15, 0.2) is 16.7 Å². The first-order valence-corrected chi connectivity index (χ1v) is 6.92. The van der Waals surface area contributed by atoms with Crippen LogP contribution in [0.4, 0.5) is 0 Å². The zero-order valence-corrected chi connectivity index (χ0v) is 14.0. The first kappa shape index (κ1) is 16.9. The molecule has 0 fully saturated rings. The maximum atomic E-state index is 8.82. The Morgan fingerprint density at radius 2 is 2.06 bits per heavy atom. The zero-order chi connectivity index (χ0) is 14.1. The second-order valence-electron chi connectivity index (χ2n) is 3.75. The number of hydrogen-bond donors (Lipinski definition) is 2. The van der Waals surface area contributed by atoms with E-state index >= 15 is 0 Å². The van der Waals surface area contributed by atoms with Crippen LogP contribution in [-0.2, 0) is 19.4 Å². The second kappa shape index (κ2) is 8.95. The molecule has 0 radical (unpaired) electrons. The fourth-order valence-electron chi connectivity index (χ4n) is 1.10. The van der Waals surface area contributed by atoms with Crippen molar-refractivity contribution in [2.75, 3.05) is 6.54 Å². The van der Waals surface area contributed by atoms with Gasteiger partial charge < -0.3 is 0 Å². The topological polar surface area (TPSA) is 52.2 Å². The summed E-state index contributed by atoms with van der Waals surface area (Å²) in [6, 6.07) is 1.55. The molecular weight excluding hydrogens is 396 g/mol. The molecule has 0 aliphatic heterocycles. The summed E-state index contributed by atoms with van der Waals surface area (Å²) in [6.45, 7) is 14.9. The molecule has 4 nitrogen and oxygen atoms in total. The van der Waals surface area contributed by atoms with E-state index in [1.807, 2.05) is 33.8 Å². The van der Waals surface area contributed by atoms with E-state index in [0.29, 0.717) is 0 Å². The van der Waals surface area contributed by atoms with Crippen molar-refractivity contribution >= 4 is 4.02 Å². The molecule has 18 heavy (non-hydrogen) atoms. The quantitative estimate of drug-likeness (QED) is 0.396. The van der Waals surface area contributed by atoms with Gasteiger partial charge in [-0.25, -0.2) is 0 Å². The van der Waals surface area contributed by atoms with Gasteiger partial charge in [-0.3, -0.25) is 0 Å². The number of nitriles is 1. The van der Waals surface area contributed by atoms with Crippen molar-refractivity contribution in [3.05, 3.63) is 34.2 Å². The summed E-state index contributed by atoms with van der Waals surface area (Å²) >= 11 is 1.28. The summed E-state index contributed by atoms with van der Waals surface area (Å²) in [6.07, 6.45) is 3.11. The van der Waals surface area contributed by atoms with Gasteiger partial charge in [0.25, 0.3) is 0 Å². The van der Waals surface area contributed by atoms with Crippen LogP contribution in [0.1, 0.15) is 27.7 Å². The molecule has 2 N–H and O–H groups in total. The van der Waals surface area contributed by atoms with Crippen LogP contribution in [0.5, 0.6) is 0 Å². The number of hydrogen-bond acceptors (Lipinski definition) is 3. The molecule has 96 valence electrons. The SMILES string of the molecule is [C-]#[N+]CC(C#N)NN[C](=[W])C(C)=C(C)C(C)=[C-]C. The minimum absolute atomic E-state index is 0.148. The van der Waals surface area contributed by atoms with Crippen LogP contribution in [0.25, 0.3) is 4.85 Å². The van der Waals surface area contributed by atoms with E-state index in [9.17, 15) is 0 Å². The van der Waals surface area contributed by atoms with Gasteiger partial charge in [-0.05, 0) is 0 Å². The van der Waals surface area contributed by atoms with Crippen molar-refractivity contribution in [3.63, 3.8) is 0 Å². The molecule has 0 saturated heterocycles. The van der Waals surface area contributed by atoms with Crippen molar-refractivity contribution < 1.29 is 19.4 Å². The van der Waals surface area contributed by atoms with Crippen molar-refractivity contribution in [2.24, 2.45) is 0 Å². The average Bonchev–Trinajstić information content (AvgIpc) is 2.40. The summed E-state index contributed by atoms with van der Waals surface area (Å²) in [5.41, 5.74) is 9.31. The normalized spacial score (nSPS) is 14.2. The molecule has 0 aromatic heterocycles. The Morgan fingerprint density at radius 3 is 2.50 bits per heavy atom. The van der Waals surface area contributed by atoms with E-state index in [1.165, 1.54) is 24.9 Å². The molecule has 0 heterocycles. The van der Waals surface area contributed by atoms with Crippen LogP contribution in [0.2, 0.25) is 0 Å². The summed E-state index contributed by atoms with van der Waals surface area (Å²) < 4.78 is 1.02. The van der Waals surface area contributed by atoms with Gasteiger partial charge in [-0.2, -0.15) is 0 Å². The van der Waals surface area contributed by atoms with Crippen LogP contribution in [-0.4, -0.2) is 16.6 Å². The molecule has 0 aliphatic carbocycles. The number of allylic oxidation sites excluding steroid dienone is 3. The summed E-state index contributed by atoms with van der Waals surface area (Å²) in [5.74, 6) is 0. The number of hydrazine groups is 1. The third kappa shape index (κ3) is 5.52. The molecule has 0 aromatic rings. The molecule has 1 atom stereocenters. The summed E-state index contributed by atoms with van der Waals surface area (Å²) in [4.78, 5) is 3.20. The van der Waals surface area contributed by atoms with E-state index in [4.69, 9.17) is 11.8 Å². The van der Waals surface area contributed by atoms with Crippen molar-refractivity contribution in [3.8, 4) is 6.07 Å². The van der Waals surface area contributed by atoms with E-state index < -0.39 is 6.04 Å². The first-order valence-electron chi connectivity index (χ1n) is 5.45. The molecule has 0 amide bonds.